The number of halogens is 1. The molecule has 2 aromatic heterocycles. The third kappa shape index (κ3) is 2.26. The smallest absolute Gasteiger partial charge is 0.223 e. The number of aliphatic hydroxyl groups is 1. The molecule has 8 heteroatoms. The predicted octanol–water partition coefficient (Wildman–Crippen LogP) is 1.03. The zero-order chi connectivity index (χ0) is 16.1. The van der Waals surface area contributed by atoms with Crippen LogP contribution in [0.5, 0.6) is 0 Å². The van der Waals surface area contributed by atoms with Crippen molar-refractivity contribution in [3.8, 4) is 0 Å². The van der Waals surface area contributed by atoms with Gasteiger partial charge in [-0.1, -0.05) is 11.6 Å². The summed E-state index contributed by atoms with van der Waals surface area (Å²) in [6, 6.07) is 0. The van der Waals surface area contributed by atoms with Crippen LogP contribution >= 0.6 is 11.6 Å². The standard InChI is InChI=1S/C15H19ClN6O/c1-21-11-4-2-3-9(11)10(20-21)6-22-5-8(7-23)12-13(16)18-15(17)19-14(12)22/h8,23H,2-7H2,1H3,(H2,17,18,19). The first-order valence-corrected chi connectivity index (χ1v) is 8.18. The Balaban J connectivity index is 1.71. The van der Waals surface area contributed by atoms with Gasteiger partial charge < -0.3 is 15.7 Å². The number of hydrogen-bond acceptors (Lipinski definition) is 6. The lowest BCUT2D eigenvalue weighted by Gasteiger charge is -2.18. The van der Waals surface area contributed by atoms with Gasteiger partial charge in [0.05, 0.1) is 18.8 Å². The summed E-state index contributed by atoms with van der Waals surface area (Å²) in [5.41, 5.74) is 10.3. The fourth-order valence-electron chi connectivity index (χ4n) is 3.78. The number of aryl methyl sites for hydroxylation is 1. The monoisotopic (exact) mass is 334 g/mol. The number of hydrogen-bond donors (Lipinski definition) is 2. The van der Waals surface area contributed by atoms with Gasteiger partial charge in [-0.15, -0.1) is 0 Å². The first-order chi connectivity index (χ1) is 11.1. The molecule has 1 atom stereocenters. The minimum atomic E-state index is -0.0881. The molecule has 122 valence electrons. The van der Waals surface area contributed by atoms with Crippen molar-refractivity contribution >= 4 is 23.4 Å². The highest BCUT2D eigenvalue weighted by Crippen LogP contribution is 2.40. The third-order valence-corrected chi connectivity index (χ3v) is 5.09. The van der Waals surface area contributed by atoms with Gasteiger partial charge in [0, 0.05) is 30.8 Å². The van der Waals surface area contributed by atoms with Crippen LogP contribution in [-0.2, 0) is 26.4 Å². The van der Waals surface area contributed by atoms with Crippen molar-refractivity contribution in [2.24, 2.45) is 7.05 Å². The van der Waals surface area contributed by atoms with Crippen LogP contribution in [0.25, 0.3) is 0 Å². The van der Waals surface area contributed by atoms with Crippen molar-refractivity contribution in [2.75, 3.05) is 23.8 Å². The first-order valence-electron chi connectivity index (χ1n) is 7.80. The Hall–Kier alpha value is -1.86. The van der Waals surface area contributed by atoms with Crippen molar-refractivity contribution < 1.29 is 5.11 Å². The summed E-state index contributed by atoms with van der Waals surface area (Å²) in [6.45, 7) is 1.31. The number of rotatable bonds is 3. The zero-order valence-electron chi connectivity index (χ0n) is 13.0. The highest BCUT2D eigenvalue weighted by atomic mass is 35.5. The van der Waals surface area contributed by atoms with E-state index in [1.54, 1.807) is 0 Å². The maximum atomic E-state index is 9.66. The van der Waals surface area contributed by atoms with E-state index in [2.05, 4.69) is 20.0 Å². The van der Waals surface area contributed by atoms with E-state index in [4.69, 9.17) is 17.3 Å². The molecule has 2 aliphatic rings. The molecule has 0 saturated carbocycles. The maximum absolute atomic E-state index is 9.66. The van der Waals surface area contributed by atoms with Crippen LogP contribution in [0.1, 0.15) is 34.9 Å². The van der Waals surface area contributed by atoms with Gasteiger partial charge >= 0.3 is 0 Å². The van der Waals surface area contributed by atoms with Crippen molar-refractivity contribution in [1.82, 2.24) is 19.7 Å². The molecule has 1 unspecified atom stereocenters. The molecule has 0 spiro atoms. The number of nitrogens with two attached hydrogens (primary N) is 1. The second kappa shape index (κ2) is 5.35. The average molecular weight is 335 g/mol. The third-order valence-electron chi connectivity index (χ3n) is 4.80. The Bertz CT molecular complexity index is 774. The molecule has 1 aliphatic heterocycles. The topological polar surface area (TPSA) is 93.1 Å². The van der Waals surface area contributed by atoms with Gasteiger partial charge in [0.1, 0.15) is 11.0 Å². The molecule has 0 saturated heterocycles. The van der Waals surface area contributed by atoms with E-state index in [1.165, 1.54) is 17.7 Å². The number of aliphatic hydroxyl groups excluding tert-OH is 1. The fraction of sp³-hybridized carbons (Fsp3) is 0.533. The molecule has 0 amide bonds. The van der Waals surface area contributed by atoms with Crippen LogP contribution < -0.4 is 10.6 Å². The van der Waals surface area contributed by atoms with Gasteiger partial charge in [-0.05, 0) is 24.8 Å². The summed E-state index contributed by atoms with van der Waals surface area (Å²) < 4.78 is 1.99. The van der Waals surface area contributed by atoms with Crippen molar-refractivity contribution in [2.45, 2.75) is 31.7 Å². The summed E-state index contributed by atoms with van der Waals surface area (Å²) in [5, 5.41) is 14.7. The summed E-state index contributed by atoms with van der Waals surface area (Å²) in [7, 11) is 2.00. The molecule has 0 bridgehead atoms. The Morgan fingerprint density at radius 3 is 2.96 bits per heavy atom. The summed E-state index contributed by atoms with van der Waals surface area (Å²) in [5.74, 6) is 0.789. The summed E-state index contributed by atoms with van der Waals surface area (Å²) in [6.07, 6.45) is 3.36. The second-order valence-corrected chi connectivity index (χ2v) is 6.58. The van der Waals surface area contributed by atoms with Crippen molar-refractivity contribution in [1.29, 1.82) is 0 Å². The highest BCUT2D eigenvalue weighted by Gasteiger charge is 2.34. The molecular formula is C15H19ClN6O. The Morgan fingerprint density at radius 2 is 2.17 bits per heavy atom. The number of nitrogen functional groups attached to an aromatic ring is 1. The molecule has 0 radical (unpaired) electrons. The zero-order valence-corrected chi connectivity index (χ0v) is 13.7. The molecule has 2 aromatic rings. The largest absolute Gasteiger partial charge is 0.396 e. The van der Waals surface area contributed by atoms with E-state index < -0.39 is 0 Å². The molecule has 23 heavy (non-hydrogen) atoms. The van der Waals surface area contributed by atoms with Crippen molar-refractivity contribution in [3.05, 3.63) is 27.7 Å². The number of anilines is 2. The Morgan fingerprint density at radius 1 is 1.35 bits per heavy atom. The second-order valence-electron chi connectivity index (χ2n) is 6.22. The Labute approximate surface area is 139 Å². The minimum Gasteiger partial charge on any atom is -0.396 e. The molecule has 3 N–H and O–H groups in total. The van der Waals surface area contributed by atoms with E-state index in [0.717, 1.165) is 29.9 Å². The summed E-state index contributed by atoms with van der Waals surface area (Å²) >= 11 is 6.23. The van der Waals surface area contributed by atoms with Crippen LogP contribution in [0.15, 0.2) is 0 Å². The van der Waals surface area contributed by atoms with Crippen LogP contribution in [0.3, 0.4) is 0 Å². The van der Waals surface area contributed by atoms with Gasteiger partial charge in [0.15, 0.2) is 0 Å². The van der Waals surface area contributed by atoms with Crippen LogP contribution in [-0.4, -0.2) is 38.0 Å². The van der Waals surface area contributed by atoms with Gasteiger partial charge in [-0.25, -0.2) is 4.98 Å². The lowest BCUT2D eigenvalue weighted by Crippen LogP contribution is -2.24. The van der Waals surface area contributed by atoms with Gasteiger partial charge in [0.25, 0.3) is 0 Å². The highest BCUT2D eigenvalue weighted by molar-refractivity contribution is 6.30. The predicted molar refractivity (Wildman–Crippen MR) is 87.6 cm³/mol. The van der Waals surface area contributed by atoms with E-state index in [9.17, 15) is 5.11 Å². The van der Waals surface area contributed by atoms with E-state index >= 15 is 0 Å². The first kappa shape index (κ1) is 14.7. The van der Waals surface area contributed by atoms with Crippen LogP contribution in [0.4, 0.5) is 11.8 Å². The number of fused-ring (bicyclic) bond motifs is 2. The van der Waals surface area contributed by atoms with Gasteiger partial charge in [-0.3, -0.25) is 4.68 Å². The Kier molecular flexibility index (Phi) is 3.42. The lowest BCUT2D eigenvalue weighted by atomic mass is 10.1. The quantitative estimate of drug-likeness (QED) is 0.814. The lowest BCUT2D eigenvalue weighted by molar-refractivity contribution is 0.270. The number of aromatic nitrogens is 4. The van der Waals surface area contributed by atoms with Gasteiger partial charge in [-0.2, -0.15) is 10.1 Å². The van der Waals surface area contributed by atoms with E-state index in [-0.39, 0.29) is 18.5 Å². The number of nitrogens with zero attached hydrogens (tertiary/aromatic N) is 5. The van der Waals surface area contributed by atoms with E-state index in [0.29, 0.717) is 18.2 Å². The van der Waals surface area contributed by atoms with E-state index in [1.807, 2.05) is 11.7 Å². The average Bonchev–Trinajstić information content (AvgIpc) is 3.17. The molecule has 3 heterocycles. The maximum Gasteiger partial charge on any atom is 0.223 e. The van der Waals surface area contributed by atoms with Crippen LogP contribution in [0.2, 0.25) is 5.15 Å². The SMILES string of the molecule is Cn1nc(CN2CC(CO)c3c(Cl)nc(N)nc32)c2c1CCC2. The normalized spacial score (nSPS) is 19.3. The molecule has 7 nitrogen and oxygen atoms in total. The molecule has 0 fully saturated rings. The van der Waals surface area contributed by atoms with Gasteiger partial charge in [0.2, 0.25) is 5.95 Å². The van der Waals surface area contributed by atoms with Crippen LogP contribution in [0, 0.1) is 0 Å². The summed E-state index contributed by atoms with van der Waals surface area (Å²) in [4.78, 5) is 10.5. The minimum absolute atomic E-state index is 0.0107. The molecule has 0 aromatic carbocycles. The fourth-order valence-corrected chi connectivity index (χ4v) is 4.10. The molecule has 1 aliphatic carbocycles. The van der Waals surface area contributed by atoms with Crippen molar-refractivity contribution in [3.63, 3.8) is 0 Å². The molecular weight excluding hydrogens is 316 g/mol. The molecule has 4 rings (SSSR count).